The van der Waals surface area contributed by atoms with Crippen LogP contribution in [0.15, 0.2) is 28.2 Å². The maximum Gasteiger partial charge on any atom is 0.263 e. The highest BCUT2D eigenvalue weighted by Gasteiger charge is 2.24. The van der Waals surface area contributed by atoms with Gasteiger partial charge in [0.1, 0.15) is 4.83 Å². The number of amides is 1. The first kappa shape index (κ1) is 24.9. The molecule has 0 bridgehead atoms. The Morgan fingerprint density at radius 2 is 2.03 bits per heavy atom. The molecule has 1 aromatic carbocycles. The zero-order valence-corrected chi connectivity index (χ0v) is 22.4. The smallest absolute Gasteiger partial charge is 0.263 e. The molecular formula is C26H34N4O2S2. The first-order valence-electron chi connectivity index (χ1n) is 12.0. The Bertz CT molecular complexity index is 1260. The van der Waals surface area contributed by atoms with Crippen molar-refractivity contribution < 1.29 is 4.79 Å². The van der Waals surface area contributed by atoms with Gasteiger partial charge >= 0.3 is 0 Å². The van der Waals surface area contributed by atoms with Crippen molar-refractivity contribution in [2.24, 2.45) is 0 Å². The van der Waals surface area contributed by atoms with Crippen LogP contribution in [-0.4, -0.2) is 46.2 Å². The predicted octanol–water partition coefficient (Wildman–Crippen LogP) is 5.02. The summed E-state index contributed by atoms with van der Waals surface area (Å²) in [6, 6.07) is 6.00. The number of fused-ring (bicyclic) bond motifs is 3. The summed E-state index contributed by atoms with van der Waals surface area (Å²) in [5, 5.41) is 4.10. The second-order valence-corrected chi connectivity index (χ2v) is 11.9. The normalized spacial score (nSPS) is 14.4. The largest absolute Gasteiger partial charge is 0.325 e. The average molecular weight is 499 g/mol. The first-order chi connectivity index (χ1) is 16.2. The van der Waals surface area contributed by atoms with Crippen molar-refractivity contribution in [1.29, 1.82) is 0 Å². The van der Waals surface area contributed by atoms with E-state index in [9.17, 15) is 9.59 Å². The van der Waals surface area contributed by atoms with Gasteiger partial charge in [0.05, 0.1) is 10.6 Å². The van der Waals surface area contributed by atoms with Crippen LogP contribution >= 0.6 is 23.1 Å². The molecular weight excluding hydrogens is 464 g/mol. The number of anilines is 1. The Morgan fingerprint density at radius 1 is 1.26 bits per heavy atom. The molecule has 0 aliphatic heterocycles. The summed E-state index contributed by atoms with van der Waals surface area (Å²) in [5.41, 5.74) is 4.28. The maximum atomic E-state index is 13.7. The van der Waals surface area contributed by atoms with Crippen LogP contribution in [0, 0.1) is 13.8 Å². The molecule has 0 saturated heterocycles. The van der Waals surface area contributed by atoms with Gasteiger partial charge in [0.25, 0.3) is 5.56 Å². The number of hydrogen-bond donors (Lipinski definition) is 1. The van der Waals surface area contributed by atoms with Gasteiger partial charge in [-0.15, -0.1) is 11.3 Å². The van der Waals surface area contributed by atoms with Crippen molar-refractivity contribution in [3.05, 3.63) is 50.1 Å². The molecule has 34 heavy (non-hydrogen) atoms. The van der Waals surface area contributed by atoms with Crippen LogP contribution in [0.2, 0.25) is 0 Å². The fourth-order valence-electron chi connectivity index (χ4n) is 4.45. The molecule has 0 spiro atoms. The van der Waals surface area contributed by atoms with E-state index in [0.717, 1.165) is 59.3 Å². The van der Waals surface area contributed by atoms with Gasteiger partial charge < -0.3 is 10.2 Å². The van der Waals surface area contributed by atoms with Crippen molar-refractivity contribution in [2.45, 2.75) is 69.8 Å². The van der Waals surface area contributed by atoms with Gasteiger partial charge in [0.2, 0.25) is 5.91 Å². The molecule has 182 valence electrons. The number of carbonyl (C=O) groups excluding carboxylic acids is 1. The molecule has 0 fully saturated rings. The lowest BCUT2D eigenvalue weighted by Crippen LogP contribution is -2.28. The molecule has 1 N–H and O–H groups in total. The van der Waals surface area contributed by atoms with Crippen LogP contribution in [0.25, 0.3) is 10.2 Å². The number of thiophene rings is 1. The number of aryl methyl sites for hydroxylation is 4. The molecule has 8 heteroatoms. The van der Waals surface area contributed by atoms with E-state index in [1.807, 2.05) is 47.0 Å². The average Bonchev–Trinajstić information content (AvgIpc) is 3.15. The van der Waals surface area contributed by atoms with E-state index < -0.39 is 0 Å². The van der Waals surface area contributed by atoms with Crippen LogP contribution in [0.1, 0.15) is 47.8 Å². The number of hydrogen-bond acceptors (Lipinski definition) is 6. The summed E-state index contributed by atoms with van der Waals surface area (Å²) in [6.07, 6.45) is 5.15. The highest BCUT2D eigenvalue weighted by Crippen LogP contribution is 2.35. The van der Waals surface area contributed by atoms with E-state index in [0.29, 0.717) is 11.7 Å². The molecule has 1 aliphatic carbocycles. The summed E-state index contributed by atoms with van der Waals surface area (Å²) >= 11 is 3.03. The zero-order chi connectivity index (χ0) is 24.4. The number of aromatic nitrogens is 2. The minimum atomic E-state index is -0.389. The quantitative estimate of drug-likeness (QED) is 0.349. The minimum absolute atomic E-state index is 0.0487. The van der Waals surface area contributed by atoms with E-state index >= 15 is 0 Å². The van der Waals surface area contributed by atoms with Gasteiger partial charge in [-0.05, 0) is 90.7 Å². The third-order valence-corrected chi connectivity index (χ3v) is 8.59. The third kappa shape index (κ3) is 5.39. The van der Waals surface area contributed by atoms with Gasteiger partial charge in [-0.25, -0.2) is 4.98 Å². The summed E-state index contributed by atoms with van der Waals surface area (Å²) in [5.74, 6) is -0.0865. The molecule has 1 aliphatic rings. The summed E-state index contributed by atoms with van der Waals surface area (Å²) < 4.78 is 1.80. The molecule has 1 amide bonds. The molecule has 4 rings (SSSR count). The lowest BCUT2D eigenvalue weighted by atomic mass is 9.97. The van der Waals surface area contributed by atoms with Crippen molar-refractivity contribution in [3.63, 3.8) is 0 Å². The topological polar surface area (TPSA) is 67.2 Å². The Labute approximate surface area is 209 Å². The molecule has 1 unspecified atom stereocenters. The number of rotatable bonds is 8. The minimum Gasteiger partial charge on any atom is -0.325 e. The second kappa shape index (κ2) is 10.6. The SMILES string of the molecule is Cc1ccc(NC(=O)C(C)Sc2nc3sc4c(c3c(=O)n2CCCN(C)C)CCCC4)c(C)c1. The van der Waals surface area contributed by atoms with E-state index in [-0.39, 0.29) is 16.7 Å². The van der Waals surface area contributed by atoms with Crippen molar-refractivity contribution in [3.8, 4) is 0 Å². The Balaban J connectivity index is 1.64. The molecule has 0 radical (unpaired) electrons. The van der Waals surface area contributed by atoms with Crippen molar-refractivity contribution >= 4 is 44.9 Å². The van der Waals surface area contributed by atoms with E-state index in [2.05, 4.69) is 16.3 Å². The standard InChI is InChI=1S/C26H34N4O2S2/c1-16-11-12-20(17(2)15-16)27-23(31)18(3)33-26-28-24-22(19-9-6-7-10-21(19)34-24)25(32)30(26)14-8-13-29(4)5/h11-12,15,18H,6-10,13-14H2,1-5H3,(H,27,31). The van der Waals surface area contributed by atoms with Gasteiger partial charge in [-0.1, -0.05) is 29.5 Å². The maximum absolute atomic E-state index is 13.7. The summed E-state index contributed by atoms with van der Waals surface area (Å²) in [4.78, 5) is 35.9. The molecule has 2 heterocycles. The van der Waals surface area contributed by atoms with Crippen molar-refractivity contribution in [1.82, 2.24) is 14.5 Å². The van der Waals surface area contributed by atoms with Gasteiger partial charge in [-0.2, -0.15) is 0 Å². The Kier molecular flexibility index (Phi) is 7.80. The number of nitrogens with one attached hydrogen (secondary N) is 1. The van der Waals surface area contributed by atoms with Gasteiger partial charge in [-0.3, -0.25) is 14.2 Å². The second-order valence-electron chi connectivity index (χ2n) is 9.47. The number of thioether (sulfide) groups is 1. The van der Waals surface area contributed by atoms with Crippen LogP contribution in [0.3, 0.4) is 0 Å². The first-order valence-corrected chi connectivity index (χ1v) is 13.7. The number of benzene rings is 1. The fraction of sp³-hybridized carbons (Fsp3) is 0.500. The van der Waals surface area contributed by atoms with Crippen LogP contribution in [0.5, 0.6) is 0 Å². The molecule has 1 atom stereocenters. The Morgan fingerprint density at radius 3 is 2.76 bits per heavy atom. The fourth-order valence-corrected chi connectivity index (χ4v) is 6.69. The van der Waals surface area contributed by atoms with Gasteiger partial charge in [0, 0.05) is 17.1 Å². The lowest BCUT2D eigenvalue weighted by molar-refractivity contribution is -0.115. The zero-order valence-electron chi connectivity index (χ0n) is 20.7. The molecule has 3 aromatic rings. The third-order valence-electron chi connectivity index (χ3n) is 6.32. The van der Waals surface area contributed by atoms with E-state index in [1.165, 1.54) is 28.6 Å². The van der Waals surface area contributed by atoms with Gasteiger partial charge in [0.15, 0.2) is 5.16 Å². The Hall–Kier alpha value is -2.16. The summed E-state index contributed by atoms with van der Waals surface area (Å²) in [6.45, 7) is 7.40. The van der Waals surface area contributed by atoms with E-state index in [1.54, 1.807) is 15.9 Å². The highest BCUT2D eigenvalue weighted by molar-refractivity contribution is 8.00. The molecule has 0 saturated carbocycles. The molecule has 6 nitrogen and oxygen atoms in total. The number of carbonyl (C=O) groups is 1. The molecule has 2 aromatic heterocycles. The van der Waals surface area contributed by atoms with Crippen LogP contribution < -0.4 is 10.9 Å². The summed E-state index contributed by atoms with van der Waals surface area (Å²) in [7, 11) is 4.07. The van der Waals surface area contributed by atoms with E-state index in [4.69, 9.17) is 4.98 Å². The predicted molar refractivity (Wildman–Crippen MR) is 144 cm³/mol. The van der Waals surface area contributed by atoms with Crippen LogP contribution in [0.4, 0.5) is 5.69 Å². The van der Waals surface area contributed by atoms with Crippen molar-refractivity contribution in [2.75, 3.05) is 26.0 Å². The highest BCUT2D eigenvalue weighted by atomic mass is 32.2. The monoisotopic (exact) mass is 498 g/mol. The lowest BCUT2D eigenvalue weighted by Gasteiger charge is -2.17. The van der Waals surface area contributed by atoms with Crippen LogP contribution in [-0.2, 0) is 24.2 Å². The number of nitrogens with zero attached hydrogens (tertiary/aromatic N) is 3.